The fraction of sp³-hybridized carbons (Fsp3) is 0.714. The number of carbonyl (C=O) groups is 1. The number of hydrogen-bond donors (Lipinski definition) is 1. The normalized spacial score (nSPS) is 36.3. The van der Waals surface area contributed by atoms with Crippen molar-refractivity contribution in [2.45, 2.75) is 31.2 Å². The van der Waals surface area contributed by atoms with Crippen molar-refractivity contribution in [3.8, 4) is 6.07 Å². The molecule has 0 radical (unpaired) electrons. The zero-order chi connectivity index (χ0) is 12.6. The third-order valence-corrected chi connectivity index (χ3v) is 4.54. The number of fused-ring (bicyclic) bond motifs is 2. The molecule has 0 spiro atoms. The number of nitrogens with zero attached hydrogens (tertiary/aromatic N) is 1. The molecule has 4 heteroatoms. The Kier molecular flexibility index (Phi) is 2.87. The highest BCUT2D eigenvalue weighted by atomic mass is 16.5. The molecule has 3 rings (SSSR count). The summed E-state index contributed by atoms with van der Waals surface area (Å²) >= 11 is 0. The Morgan fingerprint density at radius 2 is 2.11 bits per heavy atom. The lowest BCUT2D eigenvalue weighted by molar-refractivity contribution is -0.128. The molecule has 1 heterocycles. The number of nitrogens with one attached hydrogen (secondary N) is 1. The van der Waals surface area contributed by atoms with Crippen molar-refractivity contribution in [3.05, 3.63) is 12.2 Å². The summed E-state index contributed by atoms with van der Waals surface area (Å²) in [4.78, 5) is 12.3. The van der Waals surface area contributed by atoms with Crippen molar-refractivity contribution in [2.24, 2.45) is 17.8 Å². The van der Waals surface area contributed by atoms with Crippen LogP contribution in [0.4, 0.5) is 0 Å². The molecule has 1 saturated carbocycles. The standard InChI is InChI=1S/C14H18N2O2/c15-9-14(3-5-18-6-4-14)16-13(17)12-8-10-1-2-11(12)7-10/h1-2,10-12H,3-8H2,(H,16,17)/t10-,11-,12-/m0/s1. The molecule has 18 heavy (non-hydrogen) atoms. The number of hydrogen-bond acceptors (Lipinski definition) is 3. The lowest BCUT2D eigenvalue weighted by Gasteiger charge is -2.33. The summed E-state index contributed by atoms with van der Waals surface area (Å²) in [7, 11) is 0. The van der Waals surface area contributed by atoms with Gasteiger partial charge in [-0.3, -0.25) is 4.79 Å². The Hall–Kier alpha value is -1.34. The lowest BCUT2D eigenvalue weighted by atomic mass is 9.88. The second kappa shape index (κ2) is 4.40. The van der Waals surface area contributed by atoms with Gasteiger partial charge in [-0.05, 0) is 24.7 Å². The van der Waals surface area contributed by atoms with Crippen LogP contribution >= 0.6 is 0 Å². The number of nitriles is 1. The number of carbonyl (C=O) groups excluding carboxylic acids is 1. The maximum Gasteiger partial charge on any atom is 0.224 e. The van der Waals surface area contributed by atoms with E-state index in [4.69, 9.17) is 4.74 Å². The second-order valence-electron chi connectivity index (χ2n) is 5.68. The number of allylic oxidation sites excluding steroid dienone is 2. The molecular formula is C14H18N2O2. The van der Waals surface area contributed by atoms with E-state index >= 15 is 0 Å². The first-order chi connectivity index (χ1) is 8.72. The molecule has 1 saturated heterocycles. The molecule has 0 unspecified atom stereocenters. The summed E-state index contributed by atoms with van der Waals surface area (Å²) in [6.07, 6.45) is 7.66. The molecule has 0 aromatic carbocycles. The molecule has 96 valence electrons. The highest BCUT2D eigenvalue weighted by Crippen LogP contribution is 2.43. The minimum absolute atomic E-state index is 0.0651. The van der Waals surface area contributed by atoms with E-state index in [0.717, 1.165) is 12.8 Å². The van der Waals surface area contributed by atoms with E-state index in [2.05, 4.69) is 23.5 Å². The Labute approximate surface area is 107 Å². The van der Waals surface area contributed by atoms with Crippen LogP contribution in [-0.4, -0.2) is 24.7 Å². The Balaban J connectivity index is 1.67. The summed E-state index contributed by atoms with van der Waals surface area (Å²) in [5, 5.41) is 12.3. The zero-order valence-corrected chi connectivity index (χ0v) is 10.4. The van der Waals surface area contributed by atoms with Crippen LogP contribution in [-0.2, 0) is 9.53 Å². The van der Waals surface area contributed by atoms with Crippen molar-refractivity contribution >= 4 is 5.91 Å². The van der Waals surface area contributed by atoms with Gasteiger partial charge in [0, 0.05) is 32.0 Å². The minimum Gasteiger partial charge on any atom is -0.381 e. The summed E-state index contributed by atoms with van der Waals surface area (Å²) in [5.74, 6) is 1.12. The van der Waals surface area contributed by atoms with E-state index in [1.54, 1.807) is 0 Å². The molecule has 2 aliphatic carbocycles. The summed E-state index contributed by atoms with van der Waals surface area (Å²) in [5.41, 5.74) is -0.694. The zero-order valence-electron chi connectivity index (χ0n) is 10.4. The van der Waals surface area contributed by atoms with Crippen LogP contribution in [0.25, 0.3) is 0 Å². The van der Waals surface area contributed by atoms with Gasteiger partial charge in [-0.1, -0.05) is 12.2 Å². The molecule has 1 amide bonds. The fourth-order valence-corrected chi connectivity index (χ4v) is 3.40. The van der Waals surface area contributed by atoms with Crippen LogP contribution in [0.15, 0.2) is 12.2 Å². The fourth-order valence-electron chi connectivity index (χ4n) is 3.40. The SMILES string of the molecule is N#CC1(NC(=O)[C@H]2C[C@H]3C=C[C@H]2C3)CCOCC1. The third-order valence-electron chi connectivity index (χ3n) is 4.54. The molecule has 3 atom stereocenters. The van der Waals surface area contributed by atoms with Crippen molar-refractivity contribution < 1.29 is 9.53 Å². The third kappa shape index (κ3) is 1.93. The van der Waals surface area contributed by atoms with E-state index in [0.29, 0.717) is 37.9 Å². The van der Waals surface area contributed by atoms with Gasteiger partial charge in [0.2, 0.25) is 5.91 Å². The first-order valence-electron chi connectivity index (χ1n) is 6.72. The maximum absolute atomic E-state index is 12.3. The van der Waals surface area contributed by atoms with E-state index < -0.39 is 5.54 Å². The summed E-state index contributed by atoms with van der Waals surface area (Å²) in [6, 6.07) is 2.29. The van der Waals surface area contributed by atoms with Crippen LogP contribution in [0.3, 0.4) is 0 Å². The van der Waals surface area contributed by atoms with Crippen LogP contribution in [0.1, 0.15) is 25.7 Å². The van der Waals surface area contributed by atoms with Gasteiger partial charge >= 0.3 is 0 Å². The molecule has 2 fully saturated rings. The van der Waals surface area contributed by atoms with Gasteiger partial charge in [0.25, 0.3) is 0 Å². The predicted molar refractivity (Wildman–Crippen MR) is 65.4 cm³/mol. The van der Waals surface area contributed by atoms with Crippen LogP contribution < -0.4 is 5.32 Å². The van der Waals surface area contributed by atoms with Crippen LogP contribution in [0, 0.1) is 29.1 Å². The van der Waals surface area contributed by atoms with Crippen LogP contribution in [0.2, 0.25) is 0 Å². The maximum atomic E-state index is 12.3. The van der Waals surface area contributed by atoms with Gasteiger partial charge in [0.15, 0.2) is 0 Å². The Bertz CT molecular complexity index is 418. The summed E-state index contributed by atoms with van der Waals surface area (Å²) in [6.45, 7) is 1.12. The molecule has 0 aromatic rings. The molecule has 2 bridgehead atoms. The quantitative estimate of drug-likeness (QED) is 0.749. The Morgan fingerprint density at radius 3 is 2.67 bits per heavy atom. The molecule has 3 aliphatic rings. The van der Waals surface area contributed by atoms with Gasteiger partial charge in [0.1, 0.15) is 5.54 Å². The summed E-state index contributed by atoms with van der Waals surface area (Å²) < 4.78 is 5.27. The lowest BCUT2D eigenvalue weighted by Crippen LogP contribution is -2.53. The average Bonchev–Trinajstić information content (AvgIpc) is 3.02. The first-order valence-corrected chi connectivity index (χ1v) is 6.72. The highest BCUT2D eigenvalue weighted by Gasteiger charge is 2.43. The number of amides is 1. The molecule has 1 N–H and O–H groups in total. The monoisotopic (exact) mass is 246 g/mol. The van der Waals surface area contributed by atoms with E-state index in [-0.39, 0.29) is 11.8 Å². The molecule has 4 nitrogen and oxygen atoms in total. The Morgan fingerprint density at radius 1 is 1.33 bits per heavy atom. The highest BCUT2D eigenvalue weighted by molar-refractivity contribution is 5.81. The minimum atomic E-state index is -0.694. The number of rotatable bonds is 2. The van der Waals surface area contributed by atoms with Gasteiger partial charge in [-0.25, -0.2) is 0 Å². The van der Waals surface area contributed by atoms with Crippen molar-refractivity contribution in [2.75, 3.05) is 13.2 Å². The second-order valence-corrected chi connectivity index (χ2v) is 5.68. The van der Waals surface area contributed by atoms with Gasteiger partial charge < -0.3 is 10.1 Å². The smallest absolute Gasteiger partial charge is 0.224 e. The van der Waals surface area contributed by atoms with Gasteiger partial charge in [-0.15, -0.1) is 0 Å². The van der Waals surface area contributed by atoms with Gasteiger partial charge in [0.05, 0.1) is 6.07 Å². The van der Waals surface area contributed by atoms with Gasteiger partial charge in [-0.2, -0.15) is 5.26 Å². The van der Waals surface area contributed by atoms with Crippen molar-refractivity contribution in [3.63, 3.8) is 0 Å². The number of ether oxygens (including phenoxy) is 1. The predicted octanol–water partition coefficient (Wildman–Crippen LogP) is 1.39. The van der Waals surface area contributed by atoms with E-state index in [1.165, 1.54) is 0 Å². The van der Waals surface area contributed by atoms with Crippen LogP contribution in [0.5, 0.6) is 0 Å². The molecule has 1 aliphatic heterocycles. The van der Waals surface area contributed by atoms with Crippen molar-refractivity contribution in [1.82, 2.24) is 5.32 Å². The largest absolute Gasteiger partial charge is 0.381 e. The van der Waals surface area contributed by atoms with E-state index in [1.807, 2.05) is 0 Å². The van der Waals surface area contributed by atoms with E-state index in [9.17, 15) is 10.1 Å². The average molecular weight is 246 g/mol. The van der Waals surface area contributed by atoms with Crippen molar-refractivity contribution in [1.29, 1.82) is 5.26 Å². The topological polar surface area (TPSA) is 62.1 Å². The molecule has 0 aromatic heterocycles. The molecular weight excluding hydrogens is 228 g/mol. The first kappa shape index (κ1) is 11.7.